The maximum atomic E-state index is 6.45. The minimum absolute atomic E-state index is 0.265. The van der Waals surface area contributed by atoms with Gasteiger partial charge < -0.3 is 4.74 Å². The maximum Gasteiger partial charge on any atom is 0.134 e. The average molecular weight is 319 g/mol. The first-order valence-corrected chi connectivity index (χ1v) is 8.25. The first-order chi connectivity index (χ1) is 10.4. The second-order valence-electron chi connectivity index (χ2n) is 6.47. The van der Waals surface area contributed by atoms with E-state index in [9.17, 15) is 0 Å². The molecule has 0 N–H and O–H groups in total. The van der Waals surface area contributed by atoms with Crippen LogP contribution in [-0.2, 0) is 11.3 Å². The van der Waals surface area contributed by atoms with Crippen LogP contribution in [0.4, 0.5) is 0 Å². The quantitative estimate of drug-likeness (QED) is 0.779. The summed E-state index contributed by atoms with van der Waals surface area (Å²) in [6.07, 6.45) is 0.529. The Labute approximate surface area is 137 Å². The van der Waals surface area contributed by atoms with Crippen molar-refractivity contribution < 1.29 is 4.74 Å². The first-order valence-electron chi connectivity index (χ1n) is 7.87. The van der Waals surface area contributed by atoms with Crippen molar-refractivity contribution in [3.63, 3.8) is 0 Å². The van der Waals surface area contributed by atoms with E-state index in [1.54, 1.807) is 0 Å². The second-order valence-corrected chi connectivity index (χ2v) is 6.83. The third-order valence-corrected chi connectivity index (χ3v) is 4.75. The van der Waals surface area contributed by atoms with Crippen molar-refractivity contribution in [1.82, 2.24) is 9.88 Å². The van der Waals surface area contributed by atoms with E-state index in [0.29, 0.717) is 5.15 Å². The number of morpholine rings is 1. The van der Waals surface area contributed by atoms with Gasteiger partial charge in [-0.2, -0.15) is 0 Å². The minimum atomic E-state index is 0.265. The van der Waals surface area contributed by atoms with E-state index in [-0.39, 0.29) is 12.2 Å². The monoisotopic (exact) mass is 318 g/mol. The van der Waals surface area contributed by atoms with E-state index < -0.39 is 0 Å². The van der Waals surface area contributed by atoms with Crippen LogP contribution < -0.4 is 0 Å². The van der Waals surface area contributed by atoms with Crippen molar-refractivity contribution in [2.75, 3.05) is 13.1 Å². The third-order valence-electron chi connectivity index (χ3n) is 4.43. The van der Waals surface area contributed by atoms with Crippen LogP contribution in [-0.4, -0.2) is 35.2 Å². The Hall–Kier alpha value is -1.16. The van der Waals surface area contributed by atoms with E-state index in [0.717, 1.165) is 36.1 Å². The van der Waals surface area contributed by atoms with Gasteiger partial charge in [0.1, 0.15) is 5.15 Å². The van der Waals surface area contributed by atoms with Gasteiger partial charge in [0, 0.05) is 30.6 Å². The highest BCUT2D eigenvalue weighted by atomic mass is 35.5. The lowest BCUT2D eigenvalue weighted by molar-refractivity contribution is -0.0704. The molecule has 1 saturated heterocycles. The molecule has 0 saturated carbocycles. The molecule has 1 aliphatic heterocycles. The minimum Gasteiger partial charge on any atom is -0.373 e. The summed E-state index contributed by atoms with van der Waals surface area (Å²) >= 11 is 6.45. The van der Waals surface area contributed by atoms with Crippen molar-refractivity contribution >= 4 is 22.5 Å². The lowest BCUT2D eigenvalue weighted by Crippen LogP contribution is -2.44. The van der Waals surface area contributed by atoms with Gasteiger partial charge in [-0.1, -0.05) is 23.7 Å². The molecule has 22 heavy (non-hydrogen) atoms. The third kappa shape index (κ3) is 3.12. The van der Waals surface area contributed by atoms with Gasteiger partial charge in [-0.25, -0.2) is 4.98 Å². The van der Waals surface area contributed by atoms with Gasteiger partial charge in [0.15, 0.2) is 0 Å². The summed E-state index contributed by atoms with van der Waals surface area (Å²) in [7, 11) is 0. The lowest BCUT2D eigenvalue weighted by Gasteiger charge is -2.35. The number of hydrogen-bond donors (Lipinski definition) is 0. The van der Waals surface area contributed by atoms with E-state index >= 15 is 0 Å². The van der Waals surface area contributed by atoms with Crippen LogP contribution in [0, 0.1) is 13.8 Å². The molecule has 0 amide bonds. The topological polar surface area (TPSA) is 25.4 Å². The van der Waals surface area contributed by atoms with Gasteiger partial charge in [-0.3, -0.25) is 4.90 Å². The van der Waals surface area contributed by atoms with Crippen molar-refractivity contribution in [2.24, 2.45) is 0 Å². The predicted molar refractivity (Wildman–Crippen MR) is 91.5 cm³/mol. The maximum absolute atomic E-state index is 6.45. The average Bonchev–Trinajstić information content (AvgIpc) is 2.44. The molecule has 3 rings (SSSR count). The number of ether oxygens (including phenoxy) is 1. The van der Waals surface area contributed by atoms with Crippen LogP contribution in [0.2, 0.25) is 5.15 Å². The van der Waals surface area contributed by atoms with Gasteiger partial charge in [-0.05, 0) is 44.9 Å². The molecule has 2 aromatic rings. The summed E-state index contributed by atoms with van der Waals surface area (Å²) in [6.45, 7) is 11.1. The molecule has 3 nitrogen and oxygen atoms in total. The Kier molecular flexibility index (Phi) is 4.40. The fourth-order valence-corrected chi connectivity index (χ4v) is 3.47. The summed E-state index contributed by atoms with van der Waals surface area (Å²) in [5.74, 6) is 0. The summed E-state index contributed by atoms with van der Waals surface area (Å²) in [6, 6.07) is 6.47. The van der Waals surface area contributed by atoms with Crippen molar-refractivity contribution in [2.45, 2.75) is 46.4 Å². The van der Waals surface area contributed by atoms with Crippen LogP contribution in [0.3, 0.4) is 0 Å². The number of benzene rings is 1. The molecule has 1 aliphatic rings. The fourth-order valence-electron chi connectivity index (χ4n) is 3.27. The zero-order valence-electron chi connectivity index (χ0n) is 13.7. The van der Waals surface area contributed by atoms with Crippen LogP contribution >= 0.6 is 11.6 Å². The van der Waals surface area contributed by atoms with Gasteiger partial charge in [0.2, 0.25) is 0 Å². The SMILES string of the molecule is Cc1ccc2cc(CN3C[C@@H](C)O[C@H](C)C3)c(Cl)nc2c1C. The Morgan fingerprint density at radius 1 is 1.23 bits per heavy atom. The highest BCUT2D eigenvalue weighted by Crippen LogP contribution is 2.26. The summed E-state index contributed by atoms with van der Waals surface area (Å²) in [5, 5.41) is 1.78. The molecule has 4 heteroatoms. The Bertz CT molecular complexity index is 691. The normalized spacial score (nSPS) is 23.1. The number of halogens is 1. The number of hydrogen-bond acceptors (Lipinski definition) is 3. The number of nitrogens with zero attached hydrogens (tertiary/aromatic N) is 2. The van der Waals surface area contributed by atoms with Crippen molar-refractivity contribution in [1.29, 1.82) is 0 Å². The molecule has 0 spiro atoms. The van der Waals surface area contributed by atoms with Crippen molar-refractivity contribution in [3.8, 4) is 0 Å². The van der Waals surface area contributed by atoms with Crippen LogP contribution in [0.5, 0.6) is 0 Å². The second kappa shape index (κ2) is 6.15. The molecule has 118 valence electrons. The standard InChI is InChI=1S/C18H23ClN2O/c1-11-5-6-15-7-16(18(19)20-17(15)14(11)4)10-21-8-12(2)22-13(3)9-21/h5-7,12-13H,8-10H2,1-4H3/t12-,13-/m1/s1. The Morgan fingerprint density at radius 2 is 1.91 bits per heavy atom. The zero-order chi connectivity index (χ0) is 15.9. The van der Waals surface area contributed by atoms with Crippen LogP contribution in [0.15, 0.2) is 18.2 Å². The molecular formula is C18H23ClN2O. The molecule has 2 atom stereocenters. The van der Waals surface area contributed by atoms with E-state index in [2.05, 4.69) is 55.8 Å². The molecule has 1 fully saturated rings. The Morgan fingerprint density at radius 3 is 2.59 bits per heavy atom. The lowest BCUT2D eigenvalue weighted by atomic mass is 10.0. The van der Waals surface area contributed by atoms with Gasteiger partial charge >= 0.3 is 0 Å². The molecule has 2 heterocycles. The summed E-state index contributed by atoms with van der Waals surface area (Å²) in [5.41, 5.74) is 4.57. The highest BCUT2D eigenvalue weighted by Gasteiger charge is 2.23. The predicted octanol–water partition coefficient (Wildman–Crippen LogP) is 4.11. The number of aryl methyl sites for hydroxylation is 2. The molecule has 0 bridgehead atoms. The molecule has 1 aromatic heterocycles. The molecule has 0 radical (unpaired) electrons. The van der Waals surface area contributed by atoms with E-state index in [1.807, 2.05) is 0 Å². The van der Waals surface area contributed by atoms with Crippen LogP contribution in [0.25, 0.3) is 10.9 Å². The number of aromatic nitrogens is 1. The largest absolute Gasteiger partial charge is 0.373 e. The smallest absolute Gasteiger partial charge is 0.134 e. The van der Waals surface area contributed by atoms with Gasteiger partial charge in [0.05, 0.1) is 17.7 Å². The number of rotatable bonds is 2. The number of fused-ring (bicyclic) bond motifs is 1. The summed E-state index contributed by atoms with van der Waals surface area (Å²) in [4.78, 5) is 7.04. The molecular weight excluding hydrogens is 296 g/mol. The highest BCUT2D eigenvalue weighted by molar-refractivity contribution is 6.30. The molecule has 1 aromatic carbocycles. The van der Waals surface area contributed by atoms with E-state index in [1.165, 1.54) is 11.1 Å². The van der Waals surface area contributed by atoms with Gasteiger partial charge in [0.25, 0.3) is 0 Å². The van der Waals surface area contributed by atoms with Crippen molar-refractivity contribution in [3.05, 3.63) is 40.0 Å². The number of pyridine rings is 1. The van der Waals surface area contributed by atoms with Crippen LogP contribution in [0.1, 0.15) is 30.5 Å². The first kappa shape index (κ1) is 15.7. The fraction of sp³-hybridized carbons (Fsp3) is 0.500. The molecule has 0 aliphatic carbocycles. The zero-order valence-corrected chi connectivity index (χ0v) is 14.4. The summed E-state index contributed by atoms with van der Waals surface area (Å²) < 4.78 is 5.79. The van der Waals surface area contributed by atoms with E-state index in [4.69, 9.17) is 16.3 Å². The Balaban J connectivity index is 1.91. The molecule has 0 unspecified atom stereocenters. The van der Waals surface area contributed by atoms with Gasteiger partial charge in [-0.15, -0.1) is 0 Å².